The smallest absolute Gasteiger partial charge is 0.276 e. The van der Waals surface area contributed by atoms with Gasteiger partial charge in [-0.25, -0.2) is 4.39 Å². The van der Waals surface area contributed by atoms with Crippen LogP contribution in [-0.4, -0.2) is 24.3 Å². The van der Waals surface area contributed by atoms with Crippen molar-refractivity contribution >= 4 is 23.4 Å². The van der Waals surface area contributed by atoms with Gasteiger partial charge in [0.2, 0.25) is 0 Å². The van der Waals surface area contributed by atoms with Gasteiger partial charge in [0, 0.05) is 0 Å². The molecule has 7 heteroatoms. The van der Waals surface area contributed by atoms with Crippen molar-refractivity contribution in [2.45, 2.75) is 0 Å². The Kier molecular flexibility index (Phi) is 5.22. The minimum absolute atomic E-state index is 0.251. The van der Waals surface area contributed by atoms with E-state index in [9.17, 15) is 14.0 Å². The van der Waals surface area contributed by atoms with Gasteiger partial charge in [0.1, 0.15) is 17.4 Å². The number of hydrazine groups is 1. The molecule has 1 aromatic carbocycles. The minimum atomic E-state index is -0.548. The second-order valence-corrected chi connectivity index (χ2v) is 3.24. The number of halogens is 2. The second-order valence-electron chi connectivity index (χ2n) is 2.97. The number of carbonyl (C=O) groups excluding carboxylic acids is 2. The van der Waals surface area contributed by atoms with Crippen molar-refractivity contribution in [3.05, 3.63) is 30.1 Å². The summed E-state index contributed by atoms with van der Waals surface area (Å²) in [4.78, 5) is 21.8. The van der Waals surface area contributed by atoms with Crippen LogP contribution in [0.15, 0.2) is 24.3 Å². The number of hydrogen-bond donors (Lipinski definition) is 2. The summed E-state index contributed by atoms with van der Waals surface area (Å²) in [5.41, 5.74) is 4.16. The van der Waals surface area contributed by atoms with E-state index in [0.717, 1.165) is 0 Å². The fourth-order valence-electron chi connectivity index (χ4n) is 0.889. The maximum atomic E-state index is 12.5. The fraction of sp³-hybridized carbons (Fsp3) is 0.200. The molecular weight excluding hydrogens is 251 g/mol. The first-order valence-electron chi connectivity index (χ1n) is 4.64. The van der Waals surface area contributed by atoms with Crippen LogP contribution in [0.2, 0.25) is 0 Å². The van der Waals surface area contributed by atoms with Gasteiger partial charge in [-0.05, 0) is 24.3 Å². The van der Waals surface area contributed by atoms with Crippen molar-refractivity contribution in [2.75, 3.05) is 12.5 Å². The molecule has 0 bridgehead atoms. The van der Waals surface area contributed by atoms with Gasteiger partial charge in [0.05, 0.1) is 0 Å². The van der Waals surface area contributed by atoms with Crippen molar-refractivity contribution in [3.63, 3.8) is 0 Å². The monoisotopic (exact) mass is 260 g/mol. The van der Waals surface area contributed by atoms with Crippen LogP contribution in [0.3, 0.4) is 0 Å². The number of carbonyl (C=O) groups is 2. The molecule has 0 spiro atoms. The Morgan fingerprint density at radius 1 is 1.18 bits per heavy atom. The Morgan fingerprint density at radius 3 is 2.35 bits per heavy atom. The Balaban J connectivity index is 2.28. The van der Waals surface area contributed by atoms with Crippen LogP contribution in [-0.2, 0) is 9.59 Å². The fourth-order valence-corrected chi connectivity index (χ4v) is 0.955. The summed E-state index contributed by atoms with van der Waals surface area (Å²) in [6, 6.07) is 5.20. The highest BCUT2D eigenvalue weighted by Gasteiger charge is 2.04. The van der Waals surface area contributed by atoms with Crippen molar-refractivity contribution in [1.29, 1.82) is 0 Å². The number of alkyl halides is 1. The third-order valence-electron chi connectivity index (χ3n) is 1.65. The average Bonchev–Trinajstić information content (AvgIpc) is 2.35. The first-order chi connectivity index (χ1) is 8.11. The van der Waals surface area contributed by atoms with Gasteiger partial charge in [-0.1, -0.05) is 0 Å². The van der Waals surface area contributed by atoms with Gasteiger partial charge in [-0.3, -0.25) is 20.4 Å². The maximum absolute atomic E-state index is 12.5. The number of rotatable bonds is 4. The van der Waals surface area contributed by atoms with Gasteiger partial charge in [-0.15, -0.1) is 11.6 Å². The molecule has 92 valence electrons. The van der Waals surface area contributed by atoms with Crippen LogP contribution in [0.4, 0.5) is 4.39 Å². The van der Waals surface area contributed by atoms with E-state index in [1.165, 1.54) is 24.3 Å². The molecule has 0 saturated heterocycles. The van der Waals surface area contributed by atoms with Crippen molar-refractivity contribution < 1.29 is 18.7 Å². The maximum Gasteiger partial charge on any atom is 0.276 e. The molecule has 0 fully saturated rings. The standard InChI is InChI=1S/C10H10ClFN2O3/c11-5-9(15)13-14-10(16)6-17-8-3-1-7(12)2-4-8/h1-4H,5-6H2,(H,13,15)(H,14,16). The number of hydrogen-bond acceptors (Lipinski definition) is 3. The quantitative estimate of drug-likeness (QED) is 0.615. The molecule has 0 aliphatic carbocycles. The van der Waals surface area contributed by atoms with E-state index in [4.69, 9.17) is 16.3 Å². The van der Waals surface area contributed by atoms with E-state index < -0.39 is 17.6 Å². The van der Waals surface area contributed by atoms with E-state index >= 15 is 0 Å². The molecule has 17 heavy (non-hydrogen) atoms. The van der Waals surface area contributed by atoms with Crippen LogP contribution in [0.5, 0.6) is 5.75 Å². The van der Waals surface area contributed by atoms with E-state index in [1.807, 2.05) is 0 Å². The summed E-state index contributed by atoms with van der Waals surface area (Å²) in [6.45, 7) is -0.297. The molecule has 0 aliphatic heterocycles. The summed E-state index contributed by atoms with van der Waals surface area (Å²) in [7, 11) is 0. The lowest BCUT2D eigenvalue weighted by Gasteiger charge is -2.07. The number of ether oxygens (including phenoxy) is 1. The highest BCUT2D eigenvalue weighted by atomic mass is 35.5. The molecule has 0 unspecified atom stereocenters. The summed E-state index contributed by atoms with van der Waals surface area (Å²) >= 11 is 5.19. The topological polar surface area (TPSA) is 67.4 Å². The molecule has 0 aromatic heterocycles. The van der Waals surface area contributed by atoms with E-state index in [2.05, 4.69) is 10.9 Å². The van der Waals surface area contributed by atoms with Crippen LogP contribution in [0.1, 0.15) is 0 Å². The Morgan fingerprint density at radius 2 is 1.76 bits per heavy atom. The van der Waals surface area contributed by atoms with Gasteiger partial charge in [0.25, 0.3) is 11.8 Å². The SMILES string of the molecule is O=C(CCl)NNC(=O)COc1ccc(F)cc1. The summed E-state index contributed by atoms with van der Waals surface area (Å²) < 4.78 is 17.6. The summed E-state index contributed by atoms with van der Waals surface area (Å²) in [6.07, 6.45) is 0. The van der Waals surface area contributed by atoms with Crippen LogP contribution < -0.4 is 15.6 Å². The Labute approximate surface area is 102 Å². The third-order valence-corrected chi connectivity index (χ3v) is 1.89. The molecule has 2 N–H and O–H groups in total. The van der Waals surface area contributed by atoms with E-state index in [0.29, 0.717) is 5.75 Å². The predicted octanol–water partition coefficient (Wildman–Crippen LogP) is 0.591. The minimum Gasteiger partial charge on any atom is -0.484 e. The molecule has 2 amide bonds. The van der Waals surface area contributed by atoms with Gasteiger partial charge in [-0.2, -0.15) is 0 Å². The molecular formula is C10H10ClFN2O3. The number of benzene rings is 1. The van der Waals surface area contributed by atoms with Crippen molar-refractivity contribution in [2.24, 2.45) is 0 Å². The molecule has 0 radical (unpaired) electrons. The molecule has 0 atom stereocenters. The van der Waals surface area contributed by atoms with Crippen LogP contribution in [0, 0.1) is 5.82 Å². The van der Waals surface area contributed by atoms with Crippen molar-refractivity contribution in [3.8, 4) is 5.75 Å². The van der Waals surface area contributed by atoms with E-state index in [-0.39, 0.29) is 12.5 Å². The zero-order chi connectivity index (χ0) is 12.7. The largest absolute Gasteiger partial charge is 0.484 e. The zero-order valence-electron chi connectivity index (χ0n) is 8.70. The second kappa shape index (κ2) is 6.70. The van der Waals surface area contributed by atoms with E-state index in [1.54, 1.807) is 0 Å². The lowest BCUT2D eigenvalue weighted by molar-refractivity contribution is -0.128. The Hall–Kier alpha value is -1.82. The van der Waals surface area contributed by atoms with Gasteiger partial charge >= 0.3 is 0 Å². The molecule has 0 aliphatic rings. The van der Waals surface area contributed by atoms with Crippen LogP contribution >= 0.6 is 11.6 Å². The molecule has 0 heterocycles. The first-order valence-corrected chi connectivity index (χ1v) is 5.17. The number of amides is 2. The Bertz CT molecular complexity index is 397. The van der Waals surface area contributed by atoms with Gasteiger partial charge < -0.3 is 4.74 Å². The highest BCUT2D eigenvalue weighted by Crippen LogP contribution is 2.10. The van der Waals surface area contributed by atoms with Gasteiger partial charge in [0.15, 0.2) is 6.61 Å². The third kappa shape index (κ3) is 5.17. The highest BCUT2D eigenvalue weighted by molar-refractivity contribution is 6.27. The summed E-state index contributed by atoms with van der Waals surface area (Å²) in [5, 5.41) is 0. The zero-order valence-corrected chi connectivity index (χ0v) is 9.46. The molecule has 0 saturated carbocycles. The lowest BCUT2D eigenvalue weighted by atomic mass is 10.3. The van der Waals surface area contributed by atoms with Crippen molar-refractivity contribution in [1.82, 2.24) is 10.9 Å². The molecule has 1 aromatic rings. The van der Waals surface area contributed by atoms with Crippen LogP contribution in [0.25, 0.3) is 0 Å². The average molecular weight is 261 g/mol. The molecule has 1 rings (SSSR count). The number of nitrogens with one attached hydrogen (secondary N) is 2. The predicted molar refractivity (Wildman–Crippen MR) is 58.9 cm³/mol. The molecule has 5 nitrogen and oxygen atoms in total. The first kappa shape index (κ1) is 13.2. The lowest BCUT2D eigenvalue weighted by Crippen LogP contribution is -2.44. The normalized spacial score (nSPS) is 9.53. The summed E-state index contributed by atoms with van der Waals surface area (Å²) in [5.74, 6) is -1.37.